The van der Waals surface area contributed by atoms with E-state index in [0.717, 1.165) is 5.56 Å². The van der Waals surface area contributed by atoms with E-state index in [1.807, 2.05) is 30.3 Å². The Balaban J connectivity index is 1.56. The number of esters is 1. The van der Waals surface area contributed by atoms with E-state index in [4.69, 9.17) is 42.6 Å². The number of nitrogens with two attached hydrogens (primary N) is 2. The van der Waals surface area contributed by atoms with Crippen LogP contribution >= 0.6 is 12.2 Å². The number of isothiocyanates is 1. The van der Waals surface area contributed by atoms with Gasteiger partial charge in [0, 0.05) is 0 Å². The van der Waals surface area contributed by atoms with Crippen molar-refractivity contribution < 1.29 is 33.3 Å². The lowest BCUT2D eigenvalue weighted by Crippen LogP contribution is -2.19. The molecule has 15 nitrogen and oxygen atoms in total. The second kappa shape index (κ2) is 18.5. The Morgan fingerprint density at radius 1 is 0.735 bits per heavy atom. The van der Waals surface area contributed by atoms with Crippen LogP contribution in [0.5, 0.6) is 17.6 Å². The fraction of sp³-hybridized carbons (Fsp3) is 0.242. The van der Waals surface area contributed by atoms with E-state index in [1.165, 1.54) is 43.5 Å². The molecular weight excluding hydrogens is 652 g/mol. The highest BCUT2D eigenvalue weighted by atomic mass is 32.1. The van der Waals surface area contributed by atoms with Crippen molar-refractivity contribution in [1.82, 2.24) is 15.0 Å². The molecule has 16 heteroatoms. The number of amides is 2. The number of pyridine rings is 3. The second-order valence-electron chi connectivity index (χ2n) is 9.98. The monoisotopic (exact) mass is 686 g/mol. The molecule has 3 heterocycles. The van der Waals surface area contributed by atoms with Crippen LogP contribution in [0.1, 0.15) is 49.9 Å². The lowest BCUT2D eigenvalue weighted by atomic mass is 10.2. The SMILES string of the molecule is COC(=O)c1ccc(NC(=O)c2ccc(NC(=O)c3ccc(N=C=S)c(OCc4ccccc4)n3)c(OCCCN)n2)c(OCCCN)n1. The first-order valence-electron chi connectivity index (χ1n) is 15.0. The minimum Gasteiger partial charge on any atom is -0.476 e. The molecule has 49 heavy (non-hydrogen) atoms. The second-order valence-corrected chi connectivity index (χ2v) is 10.2. The van der Waals surface area contributed by atoms with E-state index in [1.54, 1.807) is 0 Å². The van der Waals surface area contributed by atoms with Gasteiger partial charge < -0.3 is 41.0 Å². The molecule has 1 aromatic carbocycles. The number of nitrogens with one attached hydrogen (secondary N) is 2. The van der Waals surface area contributed by atoms with Crippen molar-refractivity contribution in [2.24, 2.45) is 16.5 Å². The van der Waals surface area contributed by atoms with Gasteiger partial charge in [-0.3, -0.25) is 9.59 Å². The molecule has 254 valence electrons. The van der Waals surface area contributed by atoms with Crippen LogP contribution in [0.3, 0.4) is 0 Å². The molecule has 0 atom stereocenters. The van der Waals surface area contributed by atoms with Gasteiger partial charge in [-0.15, -0.1) is 0 Å². The fourth-order valence-electron chi connectivity index (χ4n) is 4.04. The highest BCUT2D eigenvalue weighted by molar-refractivity contribution is 7.78. The van der Waals surface area contributed by atoms with Crippen molar-refractivity contribution >= 4 is 52.2 Å². The van der Waals surface area contributed by atoms with Crippen LogP contribution < -0.4 is 36.3 Å². The first-order chi connectivity index (χ1) is 23.9. The van der Waals surface area contributed by atoms with Gasteiger partial charge in [0.15, 0.2) is 5.69 Å². The Morgan fingerprint density at radius 2 is 1.27 bits per heavy atom. The van der Waals surface area contributed by atoms with Crippen molar-refractivity contribution in [3.8, 4) is 17.6 Å². The molecule has 4 rings (SSSR count). The minimum atomic E-state index is -0.675. The van der Waals surface area contributed by atoms with E-state index in [-0.39, 0.29) is 65.9 Å². The third kappa shape index (κ3) is 10.3. The predicted molar refractivity (Wildman–Crippen MR) is 184 cm³/mol. The Labute approximate surface area is 287 Å². The van der Waals surface area contributed by atoms with Crippen LogP contribution in [0.15, 0.2) is 71.7 Å². The maximum atomic E-state index is 13.4. The molecule has 0 saturated heterocycles. The Hall–Kier alpha value is -5.80. The van der Waals surface area contributed by atoms with Gasteiger partial charge in [0.2, 0.25) is 17.6 Å². The zero-order chi connectivity index (χ0) is 35.0. The predicted octanol–water partition coefficient (Wildman–Crippen LogP) is 3.93. The van der Waals surface area contributed by atoms with Gasteiger partial charge in [-0.2, -0.15) is 4.99 Å². The number of benzene rings is 1. The summed E-state index contributed by atoms with van der Waals surface area (Å²) >= 11 is 4.75. The van der Waals surface area contributed by atoms with Gasteiger partial charge >= 0.3 is 5.97 Å². The molecule has 0 aliphatic carbocycles. The standard InChI is InChI=1S/C33H34N8O7S/c1-45-33(44)27-14-13-26(32(41-27)47-18-6-16-35)38-29(43)23-10-12-25(31(40-23)46-17-5-15-34)37-28(42)22-9-11-24(36-20-49)30(39-22)48-19-21-7-3-2-4-8-21/h2-4,7-14H,5-6,15-19,34-35H2,1H3,(H,37,42)(H,38,43). The molecule has 2 amide bonds. The molecule has 4 aromatic rings. The number of hydrogen-bond donors (Lipinski definition) is 4. The topological polar surface area (TPSA) is 215 Å². The number of aromatic nitrogens is 3. The van der Waals surface area contributed by atoms with Crippen molar-refractivity contribution in [1.29, 1.82) is 0 Å². The average molecular weight is 687 g/mol. The van der Waals surface area contributed by atoms with Crippen LogP contribution in [0.25, 0.3) is 0 Å². The van der Waals surface area contributed by atoms with E-state index < -0.39 is 17.8 Å². The molecule has 0 aliphatic heterocycles. The van der Waals surface area contributed by atoms with Crippen LogP contribution in [0.2, 0.25) is 0 Å². The maximum absolute atomic E-state index is 13.4. The van der Waals surface area contributed by atoms with Gasteiger partial charge in [0.05, 0.1) is 25.5 Å². The molecule has 0 unspecified atom stereocenters. The molecule has 3 aromatic heterocycles. The summed E-state index contributed by atoms with van der Waals surface area (Å²) in [5, 5.41) is 7.69. The largest absolute Gasteiger partial charge is 0.476 e. The van der Waals surface area contributed by atoms with Gasteiger partial charge in [-0.1, -0.05) is 30.3 Å². The van der Waals surface area contributed by atoms with Crippen LogP contribution in [-0.4, -0.2) is 71.3 Å². The number of thiocarbonyl (C=S) groups is 1. The van der Waals surface area contributed by atoms with Gasteiger partial charge in [0.25, 0.3) is 11.8 Å². The van der Waals surface area contributed by atoms with Gasteiger partial charge in [-0.05, 0) is 80.1 Å². The van der Waals surface area contributed by atoms with Crippen molar-refractivity contribution in [3.05, 3.63) is 89.4 Å². The first kappa shape index (κ1) is 36.0. The zero-order valence-corrected chi connectivity index (χ0v) is 27.3. The van der Waals surface area contributed by atoms with Crippen molar-refractivity contribution in [2.45, 2.75) is 19.4 Å². The highest BCUT2D eigenvalue weighted by Gasteiger charge is 2.20. The van der Waals surface area contributed by atoms with Crippen LogP contribution in [0, 0.1) is 0 Å². The number of methoxy groups -OCH3 is 1. The molecule has 6 N–H and O–H groups in total. The zero-order valence-electron chi connectivity index (χ0n) is 26.5. The number of hydrogen-bond acceptors (Lipinski definition) is 14. The number of aliphatic imine (C=N–C) groups is 1. The molecule has 0 saturated carbocycles. The van der Waals surface area contributed by atoms with E-state index >= 15 is 0 Å². The number of rotatable bonds is 17. The number of anilines is 2. The van der Waals surface area contributed by atoms with Crippen LogP contribution in [-0.2, 0) is 11.3 Å². The first-order valence-corrected chi connectivity index (χ1v) is 15.4. The molecule has 0 radical (unpaired) electrons. The van der Waals surface area contributed by atoms with Gasteiger partial charge in [0.1, 0.15) is 35.1 Å². The fourth-order valence-corrected chi connectivity index (χ4v) is 4.14. The van der Waals surface area contributed by atoms with Gasteiger partial charge in [-0.25, -0.2) is 19.7 Å². The Kier molecular flexibility index (Phi) is 13.6. The van der Waals surface area contributed by atoms with Crippen molar-refractivity contribution in [2.75, 3.05) is 44.0 Å². The lowest BCUT2D eigenvalue weighted by molar-refractivity contribution is 0.0592. The lowest BCUT2D eigenvalue weighted by Gasteiger charge is -2.15. The smallest absolute Gasteiger partial charge is 0.356 e. The summed E-state index contributed by atoms with van der Waals surface area (Å²) in [6.07, 6.45) is 0.997. The highest BCUT2D eigenvalue weighted by Crippen LogP contribution is 2.29. The molecule has 0 spiro atoms. The summed E-state index contributed by atoms with van der Waals surface area (Å²) < 4.78 is 22.0. The summed E-state index contributed by atoms with van der Waals surface area (Å²) in [7, 11) is 1.22. The summed E-state index contributed by atoms with van der Waals surface area (Å²) in [6.45, 7) is 1.25. The summed E-state index contributed by atoms with van der Waals surface area (Å²) in [4.78, 5) is 55.5. The third-order valence-electron chi connectivity index (χ3n) is 6.48. The Bertz CT molecular complexity index is 1820. The molecular formula is C33H34N8O7S. The normalized spacial score (nSPS) is 10.3. The number of ether oxygens (including phenoxy) is 4. The number of carbonyl (C=O) groups is 3. The van der Waals surface area contributed by atoms with Crippen LogP contribution in [0.4, 0.5) is 17.1 Å². The van der Waals surface area contributed by atoms with E-state index in [9.17, 15) is 14.4 Å². The quantitative estimate of drug-likeness (QED) is 0.0537. The maximum Gasteiger partial charge on any atom is 0.356 e. The van der Waals surface area contributed by atoms with E-state index in [2.05, 4.69) is 35.7 Å². The third-order valence-corrected chi connectivity index (χ3v) is 6.57. The number of nitrogens with zero attached hydrogens (tertiary/aromatic N) is 4. The molecule has 0 bridgehead atoms. The summed E-state index contributed by atoms with van der Waals surface area (Å²) in [5.41, 5.74) is 12.7. The van der Waals surface area contributed by atoms with Crippen molar-refractivity contribution in [3.63, 3.8) is 0 Å². The summed E-state index contributed by atoms with van der Waals surface area (Å²) in [5.74, 6) is -1.88. The van der Waals surface area contributed by atoms with E-state index in [0.29, 0.717) is 31.6 Å². The molecule has 0 aliphatic rings. The minimum absolute atomic E-state index is 0.00470. The summed E-state index contributed by atoms with van der Waals surface area (Å²) in [6, 6.07) is 18.1. The Morgan fingerprint density at radius 3 is 1.82 bits per heavy atom. The number of carbonyl (C=O) groups excluding carboxylic acids is 3. The average Bonchev–Trinajstić information content (AvgIpc) is 3.12. The molecule has 0 fully saturated rings.